The first-order valence-electron chi connectivity index (χ1n) is 7.59. The molecule has 0 amide bonds. The molecule has 0 aromatic carbocycles. The number of ketones is 1. The van der Waals surface area contributed by atoms with Gasteiger partial charge in [-0.05, 0) is 43.1 Å². The summed E-state index contributed by atoms with van der Waals surface area (Å²) in [6, 6.07) is 1.76. The highest BCUT2D eigenvalue weighted by Crippen LogP contribution is 2.40. The third-order valence-corrected chi connectivity index (χ3v) is 4.71. The molecule has 2 N–H and O–H groups in total. The SMILES string of the molecule is CC(C)(C)C1CCC(C(=O)Cc2cnccc2N)CC1. The van der Waals surface area contributed by atoms with E-state index in [9.17, 15) is 4.79 Å². The Morgan fingerprint density at radius 3 is 2.50 bits per heavy atom. The Hall–Kier alpha value is -1.38. The van der Waals surface area contributed by atoms with Gasteiger partial charge in [-0.3, -0.25) is 9.78 Å². The van der Waals surface area contributed by atoms with E-state index in [1.54, 1.807) is 18.5 Å². The van der Waals surface area contributed by atoms with E-state index in [1.807, 2.05) is 0 Å². The van der Waals surface area contributed by atoms with Gasteiger partial charge in [0.25, 0.3) is 0 Å². The molecule has 1 saturated carbocycles. The highest BCUT2D eigenvalue weighted by atomic mass is 16.1. The average molecular weight is 274 g/mol. The minimum Gasteiger partial charge on any atom is -0.398 e. The predicted octanol–water partition coefficient (Wildman–Crippen LogP) is 3.63. The monoisotopic (exact) mass is 274 g/mol. The van der Waals surface area contributed by atoms with E-state index in [0.717, 1.165) is 24.3 Å². The second-order valence-electron chi connectivity index (χ2n) is 7.13. The smallest absolute Gasteiger partial charge is 0.140 e. The first-order valence-corrected chi connectivity index (χ1v) is 7.59. The maximum Gasteiger partial charge on any atom is 0.140 e. The number of hydrogen-bond donors (Lipinski definition) is 1. The zero-order valence-electron chi connectivity index (χ0n) is 12.9. The summed E-state index contributed by atoms with van der Waals surface area (Å²) >= 11 is 0. The van der Waals surface area contributed by atoms with Crippen molar-refractivity contribution in [3.8, 4) is 0 Å². The number of carbonyl (C=O) groups excluding carboxylic acids is 1. The van der Waals surface area contributed by atoms with Crippen LogP contribution in [0.2, 0.25) is 0 Å². The molecule has 0 atom stereocenters. The Labute approximate surface area is 122 Å². The van der Waals surface area contributed by atoms with Crippen LogP contribution in [0.15, 0.2) is 18.5 Å². The van der Waals surface area contributed by atoms with Crippen LogP contribution in [0.25, 0.3) is 0 Å². The Bertz CT molecular complexity index is 468. The molecule has 1 aromatic heterocycles. The van der Waals surface area contributed by atoms with Crippen LogP contribution in [0.5, 0.6) is 0 Å². The van der Waals surface area contributed by atoms with Crippen LogP contribution in [0.1, 0.15) is 52.0 Å². The van der Waals surface area contributed by atoms with Gasteiger partial charge in [-0.2, -0.15) is 0 Å². The van der Waals surface area contributed by atoms with Crippen molar-refractivity contribution in [2.24, 2.45) is 17.3 Å². The molecule has 3 nitrogen and oxygen atoms in total. The third-order valence-electron chi connectivity index (χ3n) is 4.71. The van der Waals surface area contributed by atoms with Gasteiger partial charge in [0, 0.05) is 36.0 Å². The van der Waals surface area contributed by atoms with Crippen LogP contribution in [-0.2, 0) is 11.2 Å². The van der Waals surface area contributed by atoms with E-state index >= 15 is 0 Å². The summed E-state index contributed by atoms with van der Waals surface area (Å²) in [5.74, 6) is 1.29. The fraction of sp³-hybridized carbons (Fsp3) is 0.647. The summed E-state index contributed by atoms with van der Waals surface area (Å²) in [7, 11) is 0. The van der Waals surface area contributed by atoms with E-state index in [-0.39, 0.29) is 5.92 Å². The molecule has 0 radical (unpaired) electrons. The van der Waals surface area contributed by atoms with Crippen LogP contribution in [-0.4, -0.2) is 10.8 Å². The Kier molecular flexibility index (Phi) is 4.46. The fourth-order valence-corrected chi connectivity index (χ4v) is 3.20. The highest BCUT2D eigenvalue weighted by molar-refractivity contribution is 5.84. The summed E-state index contributed by atoms with van der Waals surface area (Å²) in [6.45, 7) is 6.91. The summed E-state index contributed by atoms with van der Waals surface area (Å²) in [5, 5.41) is 0. The molecule has 0 spiro atoms. The van der Waals surface area contributed by atoms with E-state index < -0.39 is 0 Å². The van der Waals surface area contributed by atoms with Crippen molar-refractivity contribution >= 4 is 11.5 Å². The van der Waals surface area contributed by atoms with Crippen molar-refractivity contribution in [1.29, 1.82) is 0 Å². The van der Waals surface area contributed by atoms with E-state index in [1.165, 1.54) is 12.8 Å². The predicted molar refractivity (Wildman–Crippen MR) is 82.3 cm³/mol. The molecule has 1 heterocycles. The lowest BCUT2D eigenvalue weighted by Crippen LogP contribution is -2.29. The maximum atomic E-state index is 12.4. The topological polar surface area (TPSA) is 56.0 Å². The van der Waals surface area contributed by atoms with Crippen LogP contribution in [0.3, 0.4) is 0 Å². The van der Waals surface area contributed by atoms with E-state index in [4.69, 9.17) is 5.73 Å². The number of pyridine rings is 1. The lowest BCUT2D eigenvalue weighted by molar-refractivity contribution is -0.123. The number of carbonyl (C=O) groups is 1. The minimum absolute atomic E-state index is 0.216. The van der Waals surface area contributed by atoms with Crippen LogP contribution in [0.4, 0.5) is 5.69 Å². The quantitative estimate of drug-likeness (QED) is 0.915. The zero-order valence-corrected chi connectivity index (χ0v) is 12.9. The normalized spacial score (nSPS) is 23.6. The van der Waals surface area contributed by atoms with Crippen LogP contribution >= 0.6 is 0 Å². The Morgan fingerprint density at radius 2 is 1.95 bits per heavy atom. The average Bonchev–Trinajstić information content (AvgIpc) is 2.40. The van der Waals surface area contributed by atoms with E-state index in [2.05, 4.69) is 25.8 Å². The van der Waals surface area contributed by atoms with Gasteiger partial charge in [0.05, 0.1) is 0 Å². The van der Waals surface area contributed by atoms with Gasteiger partial charge in [0.1, 0.15) is 5.78 Å². The minimum atomic E-state index is 0.216. The highest BCUT2D eigenvalue weighted by Gasteiger charge is 2.32. The summed E-state index contributed by atoms with van der Waals surface area (Å²) < 4.78 is 0. The van der Waals surface area contributed by atoms with Gasteiger partial charge in [0.2, 0.25) is 0 Å². The van der Waals surface area contributed by atoms with Crippen molar-refractivity contribution in [2.45, 2.75) is 52.9 Å². The number of aromatic nitrogens is 1. The maximum absolute atomic E-state index is 12.4. The molecule has 0 saturated heterocycles. The summed E-state index contributed by atoms with van der Waals surface area (Å²) in [4.78, 5) is 16.4. The van der Waals surface area contributed by atoms with Gasteiger partial charge >= 0.3 is 0 Å². The molecule has 1 aromatic rings. The van der Waals surface area contributed by atoms with Gasteiger partial charge in [-0.1, -0.05) is 20.8 Å². The lowest BCUT2D eigenvalue weighted by atomic mass is 9.69. The number of nitrogen functional groups attached to an aromatic ring is 1. The van der Waals surface area contributed by atoms with Crippen LogP contribution < -0.4 is 5.73 Å². The molecule has 0 bridgehead atoms. The first kappa shape index (κ1) is 15.0. The first-order chi connectivity index (χ1) is 9.38. The fourth-order valence-electron chi connectivity index (χ4n) is 3.20. The molecule has 1 fully saturated rings. The molecule has 1 aliphatic rings. The Balaban J connectivity index is 1.91. The van der Waals surface area contributed by atoms with Crippen molar-refractivity contribution in [3.63, 3.8) is 0 Å². The molecule has 20 heavy (non-hydrogen) atoms. The number of nitrogens with two attached hydrogens (primary N) is 1. The van der Waals surface area contributed by atoms with Gasteiger partial charge in [-0.25, -0.2) is 0 Å². The number of anilines is 1. The largest absolute Gasteiger partial charge is 0.398 e. The third kappa shape index (κ3) is 3.59. The van der Waals surface area contributed by atoms with Crippen LogP contribution in [0, 0.1) is 17.3 Å². The Morgan fingerprint density at radius 1 is 1.30 bits per heavy atom. The standard InChI is InChI=1S/C17H26N2O/c1-17(2,3)14-6-4-12(5-7-14)16(20)10-13-11-19-9-8-15(13)18/h8-9,11-12,14H,4-7,10H2,1-3H3,(H2,18,19). The van der Waals surface area contributed by atoms with Crippen molar-refractivity contribution < 1.29 is 4.79 Å². The molecular weight excluding hydrogens is 248 g/mol. The molecule has 0 unspecified atom stereocenters. The lowest BCUT2D eigenvalue weighted by Gasteiger charge is -2.36. The second-order valence-corrected chi connectivity index (χ2v) is 7.13. The van der Waals surface area contributed by atoms with Gasteiger partial charge < -0.3 is 5.73 Å². The molecule has 1 aliphatic carbocycles. The molecule has 0 aliphatic heterocycles. The molecule has 110 valence electrons. The van der Waals surface area contributed by atoms with Crippen molar-refractivity contribution in [1.82, 2.24) is 4.98 Å². The van der Waals surface area contributed by atoms with Crippen molar-refractivity contribution in [3.05, 3.63) is 24.0 Å². The van der Waals surface area contributed by atoms with Gasteiger partial charge in [0.15, 0.2) is 0 Å². The molecular formula is C17H26N2O. The summed E-state index contributed by atoms with van der Waals surface area (Å²) in [5.41, 5.74) is 7.80. The number of nitrogens with zero attached hydrogens (tertiary/aromatic N) is 1. The molecule has 3 heteroatoms. The second kappa shape index (κ2) is 5.94. The number of rotatable bonds is 3. The zero-order chi connectivity index (χ0) is 14.8. The number of hydrogen-bond acceptors (Lipinski definition) is 3. The summed E-state index contributed by atoms with van der Waals surface area (Å²) in [6.07, 6.45) is 8.21. The van der Waals surface area contributed by atoms with Gasteiger partial charge in [-0.15, -0.1) is 0 Å². The van der Waals surface area contributed by atoms with Crippen molar-refractivity contribution in [2.75, 3.05) is 5.73 Å². The van der Waals surface area contributed by atoms with E-state index in [0.29, 0.717) is 23.3 Å². The molecule has 2 rings (SSSR count). The number of Topliss-reactive ketones (excluding diaryl/α,β-unsaturated/α-hetero) is 1.